The van der Waals surface area contributed by atoms with Gasteiger partial charge in [0.2, 0.25) is 0 Å². The number of benzene rings is 2. The molecule has 0 saturated carbocycles. The molecule has 182 valence electrons. The van der Waals surface area contributed by atoms with E-state index in [1.807, 2.05) is 18.4 Å². The maximum atomic E-state index is 14.8. The van der Waals surface area contributed by atoms with E-state index in [0.29, 0.717) is 24.2 Å². The first-order valence-electron chi connectivity index (χ1n) is 11.6. The van der Waals surface area contributed by atoms with Crippen LogP contribution in [0.3, 0.4) is 0 Å². The molecule has 1 aliphatic rings. The summed E-state index contributed by atoms with van der Waals surface area (Å²) in [5.41, 5.74) is 0.655. The summed E-state index contributed by atoms with van der Waals surface area (Å²) in [5, 5.41) is 12.1. The van der Waals surface area contributed by atoms with Crippen LogP contribution in [0.4, 0.5) is 10.1 Å². The van der Waals surface area contributed by atoms with Gasteiger partial charge >= 0.3 is 0 Å². The van der Waals surface area contributed by atoms with E-state index in [-0.39, 0.29) is 28.2 Å². The minimum atomic E-state index is -3.96. The monoisotopic (exact) mass is 505 g/mol. The van der Waals surface area contributed by atoms with E-state index < -0.39 is 15.8 Å². The Morgan fingerprint density at radius 2 is 1.97 bits per heavy atom. The molecule has 1 unspecified atom stereocenters. The van der Waals surface area contributed by atoms with Crippen LogP contribution in [-0.4, -0.2) is 42.8 Å². The van der Waals surface area contributed by atoms with Crippen LogP contribution < -0.4 is 9.62 Å². The Hall–Kier alpha value is -2.49. The van der Waals surface area contributed by atoms with Crippen molar-refractivity contribution in [2.75, 3.05) is 23.9 Å². The maximum absolute atomic E-state index is 14.8. The highest BCUT2D eigenvalue weighted by Gasteiger charge is 2.31. The first-order valence-corrected chi connectivity index (χ1v) is 13.4. The van der Waals surface area contributed by atoms with Crippen molar-refractivity contribution in [1.82, 2.24) is 20.1 Å². The molecule has 1 atom stereocenters. The van der Waals surface area contributed by atoms with Gasteiger partial charge in [-0.25, -0.2) is 12.8 Å². The van der Waals surface area contributed by atoms with Crippen molar-refractivity contribution in [3.8, 4) is 11.4 Å². The van der Waals surface area contributed by atoms with Crippen molar-refractivity contribution in [3.63, 3.8) is 0 Å². The van der Waals surface area contributed by atoms with Crippen molar-refractivity contribution < 1.29 is 12.8 Å². The van der Waals surface area contributed by atoms with Crippen molar-refractivity contribution in [1.29, 1.82) is 0 Å². The highest BCUT2D eigenvalue weighted by molar-refractivity contribution is 7.92. The lowest BCUT2D eigenvalue weighted by Gasteiger charge is -2.27. The van der Waals surface area contributed by atoms with E-state index in [1.165, 1.54) is 16.4 Å². The van der Waals surface area contributed by atoms with Gasteiger partial charge in [-0.15, -0.1) is 10.2 Å². The van der Waals surface area contributed by atoms with E-state index in [0.717, 1.165) is 31.8 Å². The second-order valence-corrected chi connectivity index (χ2v) is 10.6. The van der Waals surface area contributed by atoms with E-state index in [1.54, 1.807) is 30.3 Å². The fraction of sp³-hybridized carbons (Fsp3) is 0.417. The van der Waals surface area contributed by atoms with E-state index in [2.05, 4.69) is 15.5 Å². The van der Waals surface area contributed by atoms with Gasteiger partial charge in [0.1, 0.15) is 11.6 Å². The average molecular weight is 506 g/mol. The van der Waals surface area contributed by atoms with Crippen LogP contribution in [0.25, 0.3) is 11.4 Å². The number of aryl methyl sites for hydroxylation is 1. The Balaban J connectivity index is 1.94. The topological polar surface area (TPSA) is 80.1 Å². The Labute approximate surface area is 205 Å². The molecule has 7 nitrogen and oxygen atoms in total. The number of nitrogens with zero attached hydrogens (tertiary/aromatic N) is 4. The Bertz CT molecular complexity index is 1240. The summed E-state index contributed by atoms with van der Waals surface area (Å²) in [6, 6.07) is 11.0. The third-order valence-corrected chi connectivity index (χ3v) is 8.19. The van der Waals surface area contributed by atoms with Gasteiger partial charge in [0.15, 0.2) is 5.82 Å². The largest absolute Gasteiger partial charge is 0.315 e. The number of aromatic nitrogens is 3. The Morgan fingerprint density at radius 1 is 1.21 bits per heavy atom. The second-order valence-electron chi connectivity index (χ2n) is 8.34. The first kappa shape index (κ1) is 24.6. The van der Waals surface area contributed by atoms with Crippen molar-refractivity contribution in [2.24, 2.45) is 0 Å². The van der Waals surface area contributed by atoms with Crippen LogP contribution in [0.1, 0.15) is 45.0 Å². The van der Waals surface area contributed by atoms with Gasteiger partial charge in [0.25, 0.3) is 10.0 Å². The molecule has 1 aromatic heterocycles. The maximum Gasteiger partial charge on any atom is 0.264 e. The molecular weight excluding hydrogens is 477 g/mol. The predicted octanol–water partition coefficient (Wildman–Crippen LogP) is 4.83. The zero-order valence-corrected chi connectivity index (χ0v) is 20.9. The molecule has 1 aliphatic heterocycles. The van der Waals surface area contributed by atoms with Crippen LogP contribution in [-0.2, 0) is 16.4 Å². The molecule has 2 heterocycles. The fourth-order valence-corrected chi connectivity index (χ4v) is 6.00. The third-order valence-electron chi connectivity index (χ3n) is 6.08. The van der Waals surface area contributed by atoms with Crippen molar-refractivity contribution in [2.45, 2.75) is 50.5 Å². The zero-order valence-electron chi connectivity index (χ0n) is 19.3. The van der Waals surface area contributed by atoms with Crippen LogP contribution in [0, 0.1) is 5.82 Å². The summed E-state index contributed by atoms with van der Waals surface area (Å²) in [7, 11) is -3.96. The molecule has 4 rings (SSSR count). The van der Waals surface area contributed by atoms with Crippen molar-refractivity contribution in [3.05, 3.63) is 59.1 Å². The third kappa shape index (κ3) is 4.69. The van der Waals surface area contributed by atoms with Gasteiger partial charge in [-0.3, -0.25) is 4.31 Å². The number of sulfonamides is 1. The van der Waals surface area contributed by atoms with Gasteiger partial charge in [0.05, 0.1) is 21.6 Å². The summed E-state index contributed by atoms with van der Waals surface area (Å²) < 4.78 is 45.6. The molecule has 0 radical (unpaired) electrons. The standard InChI is InChI=1S/C24H29ClFN5O2S/c1-3-5-13-30(34(32,33)18-9-7-6-8-10-18)22-15-21(26)20(25)14-19(22)24-29-28-23(4-2)31(24)17-11-12-27-16-17/h6-10,14-15,17,27H,3-5,11-13,16H2,1-2H3. The minimum absolute atomic E-state index is 0.0940. The lowest BCUT2D eigenvalue weighted by atomic mass is 10.1. The quantitative estimate of drug-likeness (QED) is 0.450. The Morgan fingerprint density at radius 3 is 2.62 bits per heavy atom. The van der Waals surface area contributed by atoms with Crippen LogP contribution in [0.5, 0.6) is 0 Å². The molecule has 2 aromatic carbocycles. The summed E-state index contributed by atoms with van der Waals surface area (Å²) in [5.74, 6) is 0.600. The minimum Gasteiger partial charge on any atom is -0.315 e. The first-order chi connectivity index (χ1) is 16.4. The van der Waals surface area contributed by atoms with Crippen LogP contribution in [0.15, 0.2) is 47.4 Å². The van der Waals surface area contributed by atoms with Crippen LogP contribution in [0.2, 0.25) is 5.02 Å². The zero-order chi connectivity index (χ0) is 24.3. The highest BCUT2D eigenvalue weighted by atomic mass is 35.5. The lowest BCUT2D eigenvalue weighted by molar-refractivity contribution is 0.529. The smallest absolute Gasteiger partial charge is 0.264 e. The molecule has 0 amide bonds. The van der Waals surface area contributed by atoms with Gasteiger partial charge in [-0.05, 0) is 37.6 Å². The number of halogens is 2. The normalized spacial score (nSPS) is 16.2. The number of hydrogen-bond donors (Lipinski definition) is 1. The number of rotatable bonds is 9. The molecule has 0 spiro atoms. The summed E-state index contributed by atoms with van der Waals surface area (Å²) in [6.45, 7) is 5.80. The molecule has 1 saturated heterocycles. The average Bonchev–Trinajstić information content (AvgIpc) is 3.51. The number of unbranched alkanes of at least 4 members (excludes halogenated alkanes) is 1. The molecule has 0 aliphatic carbocycles. The van der Waals surface area contributed by atoms with E-state index in [9.17, 15) is 12.8 Å². The van der Waals surface area contributed by atoms with Gasteiger partial charge in [-0.1, -0.05) is 50.1 Å². The molecule has 1 fully saturated rings. The predicted molar refractivity (Wildman–Crippen MR) is 132 cm³/mol. The second kappa shape index (κ2) is 10.4. The van der Waals surface area contributed by atoms with Crippen LogP contribution >= 0.6 is 11.6 Å². The van der Waals surface area contributed by atoms with Gasteiger partial charge < -0.3 is 9.88 Å². The molecule has 10 heteroatoms. The molecule has 1 N–H and O–H groups in total. The van der Waals surface area contributed by atoms with Gasteiger partial charge in [-0.2, -0.15) is 0 Å². The van der Waals surface area contributed by atoms with E-state index in [4.69, 9.17) is 11.6 Å². The van der Waals surface area contributed by atoms with E-state index >= 15 is 0 Å². The number of hydrogen-bond acceptors (Lipinski definition) is 5. The highest BCUT2D eigenvalue weighted by Crippen LogP contribution is 2.39. The number of nitrogens with one attached hydrogen (secondary N) is 1. The SMILES string of the molecule is CCCCN(c1cc(F)c(Cl)cc1-c1nnc(CC)n1C1CCNC1)S(=O)(=O)c1ccccc1. The molecule has 34 heavy (non-hydrogen) atoms. The Kier molecular flexibility index (Phi) is 7.54. The molecule has 0 bridgehead atoms. The molecule has 3 aromatic rings. The summed E-state index contributed by atoms with van der Waals surface area (Å²) in [4.78, 5) is 0.142. The van der Waals surface area contributed by atoms with Gasteiger partial charge in [0, 0.05) is 31.1 Å². The fourth-order valence-electron chi connectivity index (χ4n) is 4.31. The summed E-state index contributed by atoms with van der Waals surface area (Å²) in [6.07, 6.45) is 2.94. The molecular formula is C24H29ClFN5O2S. The summed E-state index contributed by atoms with van der Waals surface area (Å²) >= 11 is 6.22. The number of anilines is 1. The lowest BCUT2D eigenvalue weighted by Crippen LogP contribution is -2.33. The van der Waals surface area contributed by atoms with Crippen molar-refractivity contribution >= 4 is 27.3 Å².